The number of benzene rings is 1. The van der Waals surface area contributed by atoms with E-state index in [0.717, 1.165) is 18.9 Å². The van der Waals surface area contributed by atoms with E-state index in [1.54, 1.807) is 25.7 Å². The number of methoxy groups -OCH3 is 1. The molecule has 2 rings (SSSR count). The van der Waals surface area contributed by atoms with Crippen molar-refractivity contribution in [3.63, 3.8) is 0 Å². The van der Waals surface area contributed by atoms with E-state index in [1.807, 2.05) is 0 Å². The molecule has 1 atom stereocenters. The highest BCUT2D eigenvalue weighted by Gasteiger charge is 2.29. The lowest BCUT2D eigenvalue weighted by molar-refractivity contribution is 0.00772. The SMILES string of the molecule is COc1cc(O[C@@H]2CCCN(C(=O)OC(C)(C)C)C2)ccc1S(=O)(=O)F. The summed E-state index contributed by atoms with van der Waals surface area (Å²) in [5, 5.41) is 0. The highest BCUT2D eigenvalue weighted by atomic mass is 32.3. The fraction of sp³-hybridized carbons (Fsp3) is 0.588. The van der Waals surface area contributed by atoms with Crippen LogP contribution in [0.5, 0.6) is 11.5 Å². The number of likely N-dealkylation sites (tertiary alicyclic amines) is 1. The lowest BCUT2D eigenvalue weighted by atomic mass is 10.1. The summed E-state index contributed by atoms with van der Waals surface area (Å²) >= 11 is 0. The third-order valence-electron chi connectivity index (χ3n) is 3.73. The second-order valence-electron chi connectivity index (χ2n) is 7.06. The molecule has 1 saturated heterocycles. The molecule has 1 amide bonds. The fourth-order valence-corrected chi connectivity index (χ4v) is 3.25. The first kappa shape index (κ1) is 20.3. The third kappa shape index (κ3) is 5.48. The topological polar surface area (TPSA) is 82.1 Å². The molecule has 0 aromatic heterocycles. The van der Waals surface area contributed by atoms with Gasteiger partial charge < -0.3 is 19.1 Å². The Bertz CT molecular complexity index is 759. The number of ether oxygens (including phenoxy) is 3. The van der Waals surface area contributed by atoms with Crippen LogP contribution in [0.15, 0.2) is 23.1 Å². The van der Waals surface area contributed by atoms with Gasteiger partial charge in [-0.1, -0.05) is 0 Å². The Morgan fingerprint density at radius 3 is 2.58 bits per heavy atom. The van der Waals surface area contributed by atoms with Crippen LogP contribution in [0.25, 0.3) is 0 Å². The zero-order chi connectivity index (χ0) is 19.5. The molecule has 1 aromatic rings. The van der Waals surface area contributed by atoms with Crippen molar-refractivity contribution in [1.82, 2.24) is 4.90 Å². The fourth-order valence-electron chi connectivity index (χ4n) is 2.64. The Hall–Kier alpha value is -2.03. The summed E-state index contributed by atoms with van der Waals surface area (Å²) in [5.74, 6) is 0.204. The van der Waals surface area contributed by atoms with Gasteiger partial charge in [0.25, 0.3) is 0 Å². The molecular weight excluding hydrogens is 365 g/mol. The van der Waals surface area contributed by atoms with Gasteiger partial charge in [-0.15, -0.1) is 3.89 Å². The second kappa shape index (κ2) is 7.69. The van der Waals surface area contributed by atoms with E-state index in [1.165, 1.54) is 19.2 Å². The standard InChI is InChI=1S/C17H24FNO6S/c1-17(2,3)25-16(20)19-9-5-6-13(11-19)24-12-7-8-15(26(18,21)22)14(10-12)23-4/h7-8,10,13H,5-6,9,11H2,1-4H3/t13-/m1/s1. The molecule has 146 valence electrons. The molecule has 9 heteroatoms. The first-order valence-electron chi connectivity index (χ1n) is 8.27. The Kier molecular flexibility index (Phi) is 6.00. The van der Waals surface area contributed by atoms with Gasteiger partial charge >= 0.3 is 16.3 Å². The Morgan fingerprint density at radius 1 is 1.31 bits per heavy atom. The summed E-state index contributed by atoms with van der Waals surface area (Å²) in [7, 11) is -3.63. The van der Waals surface area contributed by atoms with Crippen LogP contribution in [0.4, 0.5) is 8.68 Å². The van der Waals surface area contributed by atoms with Gasteiger partial charge in [0.1, 0.15) is 28.1 Å². The van der Waals surface area contributed by atoms with Crippen LogP contribution in [0.3, 0.4) is 0 Å². The molecule has 0 radical (unpaired) electrons. The predicted molar refractivity (Wildman–Crippen MR) is 92.7 cm³/mol. The Morgan fingerprint density at radius 2 is 2.00 bits per heavy atom. The number of halogens is 1. The van der Waals surface area contributed by atoms with Crippen molar-refractivity contribution in [2.24, 2.45) is 0 Å². The number of carbonyl (C=O) groups is 1. The van der Waals surface area contributed by atoms with E-state index in [9.17, 15) is 17.1 Å². The molecule has 1 aromatic carbocycles. The largest absolute Gasteiger partial charge is 0.495 e. The van der Waals surface area contributed by atoms with E-state index < -0.39 is 26.8 Å². The van der Waals surface area contributed by atoms with Gasteiger partial charge in [0, 0.05) is 12.6 Å². The van der Waals surface area contributed by atoms with Crippen molar-refractivity contribution >= 4 is 16.3 Å². The highest BCUT2D eigenvalue weighted by molar-refractivity contribution is 7.86. The minimum Gasteiger partial charge on any atom is -0.495 e. The van der Waals surface area contributed by atoms with E-state index in [-0.39, 0.29) is 11.9 Å². The molecule has 7 nitrogen and oxygen atoms in total. The van der Waals surface area contributed by atoms with Crippen LogP contribution in [0.1, 0.15) is 33.6 Å². The smallest absolute Gasteiger partial charge is 0.410 e. The van der Waals surface area contributed by atoms with Crippen molar-refractivity contribution in [2.45, 2.75) is 50.2 Å². The first-order valence-corrected chi connectivity index (χ1v) is 9.65. The zero-order valence-corrected chi connectivity index (χ0v) is 16.1. The average molecular weight is 389 g/mol. The molecule has 0 aliphatic carbocycles. The van der Waals surface area contributed by atoms with Crippen molar-refractivity contribution in [3.05, 3.63) is 18.2 Å². The van der Waals surface area contributed by atoms with Gasteiger partial charge in [-0.25, -0.2) is 4.79 Å². The van der Waals surface area contributed by atoms with Crippen molar-refractivity contribution in [2.75, 3.05) is 20.2 Å². The van der Waals surface area contributed by atoms with Crippen LogP contribution in [0, 0.1) is 0 Å². The van der Waals surface area contributed by atoms with Crippen molar-refractivity contribution < 1.29 is 31.3 Å². The molecule has 0 bridgehead atoms. The summed E-state index contributed by atoms with van der Waals surface area (Å²) in [6, 6.07) is 3.78. The number of nitrogens with zero attached hydrogens (tertiary/aromatic N) is 1. The monoisotopic (exact) mass is 389 g/mol. The average Bonchev–Trinajstić information content (AvgIpc) is 2.52. The Balaban J connectivity index is 2.07. The van der Waals surface area contributed by atoms with E-state index in [0.29, 0.717) is 18.8 Å². The van der Waals surface area contributed by atoms with Crippen LogP contribution < -0.4 is 9.47 Å². The molecule has 1 fully saturated rings. The lowest BCUT2D eigenvalue weighted by Crippen LogP contribution is -2.46. The molecular formula is C17H24FNO6S. The normalized spacial score (nSPS) is 18.3. The first-order chi connectivity index (χ1) is 12.0. The van der Waals surface area contributed by atoms with Crippen LogP contribution >= 0.6 is 0 Å². The van der Waals surface area contributed by atoms with Gasteiger partial charge in [-0.2, -0.15) is 8.42 Å². The number of piperidine rings is 1. The summed E-state index contributed by atoms with van der Waals surface area (Å²) in [6.45, 7) is 6.33. The maximum atomic E-state index is 13.2. The number of hydrogen-bond acceptors (Lipinski definition) is 6. The molecule has 0 saturated carbocycles. The molecule has 0 spiro atoms. The lowest BCUT2D eigenvalue weighted by Gasteiger charge is -2.34. The van der Waals surface area contributed by atoms with Gasteiger partial charge in [-0.3, -0.25) is 0 Å². The maximum Gasteiger partial charge on any atom is 0.410 e. The summed E-state index contributed by atoms with van der Waals surface area (Å²) in [4.78, 5) is 13.2. The number of carbonyl (C=O) groups excluding carboxylic acids is 1. The second-order valence-corrected chi connectivity index (χ2v) is 8.37. The van der Waals surface area contributed by atoms with Gasteiger partial charge in [0.15, 0.2) is 0 Å². The molecule has 1 heterocycles. The van der Waals surface area contributed by atoms with Crippen molar-refractivity contribution in [1.29, 1.82) is 0 Å². The molecule has 0 unspecified atom stereocenters. The highest BCUT2D eigenvalue weighted by Crippen LogP contribution is 2.31. The zero-order valence-electron chi connectivity index (χ0n) is 15.3. The summed E-state index contributed by atoms with van der Waals surface area (Å²) in [5.41, 5.74) is -0.577. The van der Waals surface area contributed by atoms with Gasteiger partial charge in [-0.05, 0) is 45.7 Å². The van der Waals surface area contributed by atoms with E-state index in [4.69, 9.17) is 14.2 Å². The molecule has 0 N–H and O–H groups in total. The Labute approximate surface area is 153 Å². The van der Waals surface area contributed by atoms with Gasteiger partial charge in [0.05, 0.1) is 13.7 Å². The molecule has 26 heavy (non-hydrogen) atoms. The quantitative estimate of drug-likeness (QED) is 0.736. The molecule has 1 aliphatic rings. The maximum absolute atomic E-state index is 13.2. The van der Waals surface area contributed by atoms with Crippen LogP contribution in [-0.2, 0) is 15.0 Å². The van der Waals surface area contributed by atoms with E-state index in [2.05, 4.69) is 0 Å². The van der Waals surface area contributed by atoms with E-state index >= 15 is 0 Å². The van der Waals surface area contributed by atoms with Crippen LogP contribution in [0.2, 0.25) is 0 Å². The predicted octanol–water partition coefficient (Wildman–Crippen LogP) is 3.13. The van der Waals surface area contributed by atoms with Crippen molar-refractivity contribution in [3.8, 4) is 11.5 Å². The number of rotatable bonds is 4. The summed E-state index contributed by atoms with van der Waals surface area (Å²) in [6.07, 6.45) is 0.791. The minimum absolute atomic E-state index is 0.134. The minimum atomic E-state index is -4.88. The van der Waals surface area contributed by atoms with Gasteiger partial charge in [0.2, 0.25) is 0 Å². The number of amides is 1. The summed E-state index contributed by atoms with van der Waals surface area (Å²) < 4.78 is 51.6. The van der Waals surface area contributed by atoms with Crippen LogP contribution in [-0.4, -0.2) is 51.3 Å². The number of hydrogen-bond donors (Lipinski definition) is 0. The third-order valence-corrected chi connectivity index (χ3v) is 4.59. The molecule has 1 aliphatic heterocycles.